The van der Waals surface area contributed by atoms with E-state index in [0.717, 1.165) is 21.3 Å². The second-order valence-electron chi connectivity index (χ2n) is 5.78. The first-order valence-electron chi connectivity index (χ1n) is 7.87. The van der Waals surface area contributed by atoms with Crippen LogP contribution in [0.3, 0.4) is 0 Å². The third-order valence-corrected chi connectivity index (χ3v) is 6.38. The number of nitrogen functional groups attached to an aromatic ring is 1. The van der Waals surface area contributed by atoms with E-state index < -0.39 is 15.3 Å². The second kappa shape index (κ2) is 7.61. The highest BCUT2D eigenvalue weighted by Gasteiger charge is 2.23. The first-order valence-corrected chi connectivity index (χ1v) is 10.2. The molecule has 0 aliphatic rings. The molecule has 0 spiro atoms. The molecule has 3 N–H and O–H groups in total. The van der Waals surface area contributed by atoms with E-state index in [4.69, 9.17) is 10.5 Å². The van der Waals surface area contributed by atoms with E-state index in [0.29, 0.717) is 5.82 Å². The largest absolute Gasteiger partial charge is 0.384 e. The molecular formula is C18H18BrN3O3S. The molecule has 26 heavy (non-hydrogen) atoms. The van der Waals surface area contributed by atoms with Crippen molar-refractivity contribution in [1.29, 1.82) is 0 Å². The van der Waals surface area contributed by atoms with Crippen LogP contribution in [0, 0.1) is 0 Å². The van der Waals surface area contributed by atoms with Crippen LogP contribution in [0.25, 0.3) is 11.3 Å². The maximum Gasteiger partial charge on any atom is 0.204 e. The Morgan fingerprint density at radius 3 is 2.38 bits per heavy atom. The minimum Gasteiger partial charge on any atom is -0.384 e. The summed E-state index contributed by atoms with van der Waals surface area (Å²) in [7, 11) is -3.55. The highest BCUT2D eigenvalue weighted by Crippen LogP contribution is 2.22. The lowest BCUT2D eigenvalue weighted by Crippen LogP contribution is -2.21. The molecule has 1 atom stereocenters. The Balaban J connectivity index is 1.65. The summed E-state index contributed by atoms with van der Waals surface area (Å²) in [5.74, 6) is 0.499. The predicted molar refractivity (Wildman–Crippen MR) is 104 cm³/mol. The van der Waals surface area contributed by atoms with Crippen molar-refractivity contribution in [1.82, 2.24) is 10.2 Å². The van der Waals surface area contributed by atoms with Crippen molar-refractivity contribution in [2.45, 2.75) is 23.9 Å². The molecule has 3 rings (SSSR count). The monoisotopic (exact) mass is 435 g/mol. The van der Waals surface area contributed by atoms with Crippen LogP contribution >= 0.6 is 15.9 Å². The minimum atomic E-state index is -3.55. The van der Waals surface area contributed by atoms with Gasteiger partial charge in [-0.05, 0) is 36.8 Å². The van der Waals surface area contributed by atoms with Gasteiger partial charge >= 0.3 is 0 Å². The van der Waals surface area contributed by atoms with Gasteiger partial charge in [0.05, 0.1) is 17.2 Å². The minimum absolute atomic E-state index is 0.194. The Labute approximate surface area is 160 Å². The van der Waals surface area contributed by atoms with Crippen LogP contribution in [0.2, 0.25) is 0 Å². The summed E-state index contributed by atoms with van der Waals surface area (Å²) in [6.07, 6.45) is 0. The van der Waals surface area contributed by atoms with Crippen LogP contribution in [0.1, 0.15) is 12.5 Å². The van der Waals surface area contributed by atoms with Gasteiger partial charge in [-0.1, -0.05) is 40.2 Å². The van der Waals surface area contributed by atoms with Crippen molar-refractivity contribution in [3.8, 4) is 11.3 Å². The van der Waals surface area contributed by atoms with E-state index in [1.165, 1.54) is 6.92 Å². The number of hydrogen-bond donors (Lipinski definition) is 2. The molecule has 1 aromatic heterocycles. The Hall–Kier alpha value is -2.16. The van der Waals surface area contributed by atoms with Gasteiger partial charge < -0.3 is 10.5 Å². The number of H-pyrrole nitrogens is 1. The van der Waals surface area contributed by atoms with Crippen molar-refractivity contribution >= 4 is 31.6 Å². The standard InChI is InChI=1S/C18H18BrN3O3S/c1-12(26(23,24)16-8-6-15(19)7-9-16)25-11-13-2-4-14(5-3-13)17-10-18(20)22-21-17/h2-10,12H,11H2,1H3,(H3,20,21,22). The lowest BCUT2D eigenvalue weighted by Gasteiger charge is -2.14. The van der Waals surface area contributed by atoms with Crippen LogP contribution in [0.5, 0.6) is 0 Å². The van der Waals surface area contributed by atoms with Crippen molar-refractivity contribution in [3.05, 3.63) is 64.6 Å². The summed E-state index contributed by atoms with van der Waals surface area (Å²) in [4.78, 5) is 0.236. The number of hydrogen-bond acceptors (Lipinski definition) is 5. The van der Waals surface area contributed by atoms with E-state index in [-0.39, 0.29) is 11.5 Å². The Kier molecular flexibility index (Phi) is 5.45. The number of nitrogens with one attached hydrogen (secondary N) is 1. The number of sulfone groups is 1. The zero-order chi connectivity index (χ0) is 18.7. The zero-order valence-electron chi connectivity index (χ0n) is 14.0. The highest BCUT2D eigenvalue weighted by atomic mass is 79.9. The van der Waals surface area contributed by atoms with Crippen molar-refractivity contribution in [2.75, 3.05) is 5.73 Å². The normalized spacial score (nSPS) is 12.8. The summed E-state index contributed by atoms with van der Waals surface area (Å²) in [6.45, 7) is 1.73. The molecule has 8 heteroatoms. The van der Waals surface area contributed by atoms with Gasteiger partial charge in [-0.3, -0.25) is 5.10 Å². The van der Waals surface area contributed by atoms with Crippen LogP contribution in [-0.4, -0.2) is 24.1 Å². The number of nitrogens with zero attached hydrogens (tertiary/aromatic N) is 1. The fraction of sp³-hybridized carbons (Fsp3) is 0.167. The molecule has 0 saturated heterocycles. The average molecular weight is 436 g/mol. The van der Waals surface area contributed by atoms with Gasteiger partial charge in [0.25, 0.3) is 0 Å². The smallest absolute Gasteiger partial charge is 0.204 e. The van der Waals surface area contributed by atoms with Crippen LogP contribution in [0.15, 0.2) is 64.0 Å². The van der Waals surface area contributed by atoms with E-state index in [9.17, 15) is 8.42 Å². The molecule has 6 nitrogen and oxygen atoms in total. The topological polar surface area (TPSA) is 98.1 Å². The first kappa shape index (κ1) is 18.6. The Morgan fingerprint density at radius 2 is 1.81 bits per heavy atom. The number of anilines is 1. The first-order chi connectivity index (χ1) is 12.4. The van der Waals surface area contributed by atoms with Gasteiger partial charge in [0.2, 0.25) is 9.84 Å². The summed E-state index contributed by atoms with van der Waals surface area (Å²) in [5.41, 5.74) is 7.21. The molecule has 3 aromatic rings. The maximum absolute atomic E-state index is 12.5. The zero-order valence-corrected chi connectivity index (χ0v) is 16.4. The molecule has 0 aliphatic carbocycles. The Bertz CT molecular complexity index is 983. The summed E-state index contributed by atoms with van der Waals surface area (Å²) < 4.78 is 31.5. The van der Waals surface area contributed by atoms with Crippen LogP contribution in [0.4, 0.5) is 5.82 Å². The van der Waals surface area contributed by atoms with Crippen molar-refractivity contribution in [3.63, 3.8) is 0 Å². The predicted octanol–water partition coefficient (Wildman–Crippen LogP) is 3.76. The quantitative estimate of drug-likeness (QED) is 0.613. The molecular weight excluding hydrogens is 418 g/mol. The summed E-state index contributed by atoms with van der Waals surface area (Å²) in [5, 5.41) is 6.79. The highest BCUT2D eigenvalue weighted by molar-refractivity contribution is 9.10. The SMILES string of the molecule is CC(OCc1ccc(-c2cc(N)[nH]n2)cc1)S(=O)(=O)c1ccc(Br)cc1. The third kappa shape index (κ3) is 4.14. The molecule has 0 saturated carbocycles. The van der Waals surface area contributed by atoms with Gasteiger partial charge in [0, 0.05) is 16.1 Å². The molecule has 0 radical (unpaired) electrons. The summed E-state index contributed by atoms with van der Waals surface area (Å²) in [6, 6.07) is 15.8. The summed E-state index contributed by atoms with van der Waals surface area (Å²) >= 11 is 3.30. The lowest BCUT2D eigenvalue weighted by molar-refractivity contribution is 0.103. The fourth-order valence-electron chi connectivity index (χ4n) is 2.38. The van der Waals surface area contributed by atoms with Gasteiger partial charge in [-0.25, -0.2) is 8.42 Å². The molecule has 0 amide bonds. The van der Waals surface area contributed by atoms with Crippen molar-refractivity contribution in [2.24, 2.45) is 0 Å². The maximum atomic E-state index is 12.5. The number of ether oxygens (including phenoxy) is 1. The van der Waals surface area contributed by atoms with Crippen LogP contribution in [-0.2, 0) is 21.2 Å². The van der Waals surface area contributed by atoms with Gasteiger partial charge in [0.15, 0.2) is 5.44 Å². The van der Waals surface area contributed by atoms with E-state index >= 15 is 0 Å². The number of halogens is 1. The number of benzene rings is 2. The number of nitrogens with two attached hydrogens (primary N) is 1. The lowest BCUT2D eigenvalue weighted by atomic mass is 10.1. The Morgan fingerprint density at radius 1 is 1.15 bits per heavy atom. The average Bonchev–Trinajstić information content (AvgIpc) is 3.07. The van der Waals surface area contributed by atoms with Crippen molar-refractivity contribution < 1.29 is 13.2 Å². The van der Waals surface area contributed by atoms with E-state index in [1.54, 1.807) is 30.3 Å². The van der Waals surface area contributed by atoms with E-state index in [1.807, 2.05) is 24.3 Å². The molecule has 0 bridgehead atoms. The molecule has 1 unspecified atom stereocenters. The third-order valence-electron chi connectivity index (χ3n) is 3.91. The van der Waals surface area contributed by atoms with Crippen LogP contribution < -0.4 is 5.73 Å². The molecule has 136 valence electrons. The number of aromatic amines is 1. The second-order valence-corrected chi connectivity index (χ2v) is 8.92. The van der Waals surface area contributed by atoms with Gasteiger partial charge in [0.1, 0.15) is 5.82 Å². The number of rotatable bonds is 6. The fourth-order valence-corrected chi connectivity index (χ4v) is 3.79. The van der Waals surface area contributed by atoms with Gasteiger partial charge in [-0.15, -0.1) is 0 Å². The molecule has 1 heterocycles. The molecule has 0 fully saturated rings. The molecule has 2 aromatic carbocycles. The number of aromatic nitrogens is 2. The molecule has 0 aliphatic heterocycles. The van der Waals surface area contributed by atoms with E-state index in [2.05, 4.69) is 26.1 Å². The van der Waals surface area contributed by atoms with Gasteiger partial charge in [-0.2, -0.15) is 5.10 Å².